The van der Waals surface area contributed by atoms with Crippen LogP contribution >= 0.6 is 0 Å². The van der Waals surface area contributed by atoms with E-state index in [1.807, 2.05) is 13.8 Å². The number of aryl methyl sites for hydroxylation is 1. The first-order chi connectivity index (χ1) is 9.56. The molecule has 0 fully saturated rings. The summed E-state index contributed by atoms with van der Waals surface area (Å²) in [7, 11) is 0. The lowest BCUT2D eigenvalue weighted by Gasteiger charge is -2.07. The third kappa shape index (κ3) is 2.70. The second-order valence-electron chi connectivity index (χ2n) is 4.76. The number of aromatic nitrogens is 2. The Labute approximate surface area is 117 Å². The van der Waals surface area contributed by atoms with Crippen molar-refractivity contribution >= 4 is 0 Å². The smallest absolute Gasteiger partial charge is 0.123 e. The zero-order valence-corrected chi connectivity index (χ0v) is 11.7. The van der Waals surface area contributed by atoms with Gasteiger partial charge < -0.3 is 5.73 Å². The van der Waals surface area contributed by atoms with Gasteiger partial charge in [-0.2, -0.15) is 10.4 Å². The van der Waals surface area contributed by atoms with Crippen molar-refractivity contribution < 1.29 is 4.39 Å². The highest BCUT2D eigenvalue weighted by molar-refractivity contribution is 5.38. The van der Waals surface area contributed by atoms with E-state index in [0.717, 1.165) is 23.4 Å². The van der Waals surface area contributed by atoms with Gasteiger partial charge in [0.25, 0.3) is 0 Å². The minimum Gasteiger partial charge on any atom is -0.330 e. The van der Waals surface area contributed by atoms with Crippen molar-refractivity contribution in [3.63, 3.8) is 0 Å². The summed E-state index contributed by atoms with van der Waals surface area (Å²) >= 11 is 0. The number of benzene rings is 1. The summed E-state index contributed by atoms with van der Waals surface area (Å²) in [6.07, 6.45) is 0.770. The average Bonchev–Trinajstić information content (AvgIpc) is 2.67. The van der Waals surface area contributed by atoms with Crippen LogP contribution in [0.1, 0.15) is 28.1 Å². The van der Waals surface area contributed by atoms with E-state index in [2.05, 4.69) is 11.2 Å². The topological polar surface area (TPSA) is 67.6 Å². The third-order valence-electron chi connectivity index (χ3n) is 3.43. The van der Waals surface area contributed by atoms with Crippen molar-refractivity contribution in [3.05, 3.63) is 52.1 Å². The molecule has 1 heterocycles. The van der Waals surface area contributed by atoms with Crippen LogP contribution in [0.2, 0.25) is 0 Å². The lowest BCUT2D eigenvalue weighted by atomic mass is 10.1. The zero-order valence-electron chi connectivity index (χ0n) is 11.7. The molecule has 0 radical (unpaired) electrons. The van der Waals surface area contributed by atoms with Gasteiger partial charge in [0.2, 0.25) is 0 Å². The van der Waals surface area contributed by atoms with E-state index in [1.54, 1.807) is 4.68 Å². The average molecular weight is 272 g/mol. The van der Waals surface area contributed by atoms with Crippen molar-refractivity contribution in [1.29, 1.82) is 5.26 Å². The van der Waals surface area contributed by atoms with E-state index in [4.69, 9.17) is 11.0 Å². The molecule has 0 saturated carbocycles. The Kier molecular flexibility index (Phi) is 4.16. The SMILES string of the molecule is Cc1nn(Cc2cc(F)ccc2C#N)c(C)c1CCN. The predicted molar refractivity (Wildman–Crippen MR) is 74.7 cm³/mol. The van der Waals surface area contributed by atoms with Gasteiger partial charge in [0.15, 0.2) is 0 Å². The minimum atomic E-state index is -0.345. The fourth-order valence-corrected chi connectivity index (χ4v) is 2.36. The van der Waals surface area contributed by atoms with Gasteiger partial charge in [-0.3, -0.25) is 4.68 Å². The lowest BCUT2D eigenvalue weighted by molar-refractivity contribution is 0.615. The van der Waals surface area contributed by atoms with Crippen molar-refractivity contribution in [2.75, 3.05) is 6.54 Å². The molecule has 2 N–H and O–H groups in total. The van der Waals surface area contributed by atoms with Gasteiger partial charge in [0, 0.05) is 5.69 Å². The Balaban J connectivity index is 2.38. The van der Waals surface area contributed by atoms with Crippen molar-refractivity contribution in [2.45, 2.75) is 26.8 Å². The fraction of sp³-hybridized carbons (Fsp3) is 0.333. The minimum absolute atomic E-state index is 0.345. The summed E-state index contributed by atoms with van der Waals surface area (Å²) in [6.45, 7) is 4.86. The Bertz CT molecular complexity index is 667. The quantitative estimate of drug-likeness (QED) is 0.926. The highest BCUT2D eigenvalue weighted by Crippen LogP contribution is 2.17. The highest BCUT2D eigenvalue weighted by Gasteiger charge is 2.12. The first-order valence-corrected chi connectivity index (χ1v) is 6.48. The number of rotatable bonds is 4. The molecule has 20 heavy (non-hydrogen) atoms. The molecule has 1 aromatic carbocycles. The molecule has 0 aliphatic rings. The molecule has 0 atom stereocenters. The van der Waals surface area contributed by atoms with Crippen LogP contribution in [0.3, 0.4) is 0 Å². The van der Waals surface area contributed by atoms with Gasteiger partial charge >= 0.3 is 0 Å². The van der Waals surface area contributed by atoms with E-state index >= 15 is 0 Å². The van der Waals surface area contributed by atoms with Gasteiger partial charge in [-0.15, -0.1) is 0 Å². The second-order valence-corrected chi connectivity index (χ2v) is 4.76. The Morgan fingerprint density at radius 1 is 1.40 bits per heavy atom. The van der Waals surface area contributed by atoms with Crippen LogP contribution in [0, 0.1) is 31.0 Å². The van der Waals surface area contributed by atoms with Gasteiger partial charge in [0.1, 0.15) is 5.82 Å². The van der Waals surface area contributed by atoms with Crippen LogP contribution in [-0.4, -0.2) is 16.3 Å². The van der Waals surface area contributed by atoms with E-state index in [-0.39, 0.29) is 5.82 Å². The first-order valence-electron chi connectivity index (χ1n) is 6.48. The summed E-state index contributed by atoms with van der Waals surface area (Å²) in [6, 6.07) is 6.26. The molecule has 5 heteroatoms. The molecule has 0 aliphatic carbocycles. The zero-order chi connectivity index (χ0) is 14.7. The Morgan fingerprint density at radius 3 is 2.80 bits per heavy atom. The van der Waals surface area contributed by atoms with Crippen LogP contribution in [0.5, 0.6) is 0 Å². The molecular weight excluding hydrogens is 255 g/mol. The summed E-state index contributed by atoms with van der Waals surface area (Å²) < 4.78 is 15.1. The number of nitrogens with zero attached hydrogens (tertiary/aromatic N) is 3. The van der Waals surface area contributed by atoms with Gasteiger partial charge in [-0.05, 0) is 56.1 Å². The van der Waals surface area contributed by atoms with Gasteiger partial charge in [-0.25, -0.2) is 4.39 Å². The van der Waals surface area contributed by atoms with Crippen molar-refractivity contribution in [2.24, 2.45) is 5.73 Å². The number of hydrogen-bond donors (Lipinski definition) is 1. The van der Waals surface area contributed by atoms with Crippen LogP contribution in [0.4, 0.5) is 4.39 Å². The van der Waals surface area contributed by atoms with E-state index in [1.165, 1.54) is 18.2 Å². The number of hydrogen-bond acceptors (Lipinski definition) is 3. The first kappa shape index (κ1) is 14.2. The summed E-state index contributed by atoms with van der Waals surface area (Å²) in [5.41, 5.74) is 9.78. The lowest BCUT2D eigenvalue weighted by Crippen LogP contribution is -2.08. The maximum atomic E-state index is 13.3. The molecule has 0 aliphatic heterocycles. The van der Waals surface area contributed by atoms with E-state index < -0.39 is 0 Å². The van der Waals surface area contributed by atoms with Crippen molar-refractivity contribution in [1.82, 2.24) is 9.78 Å². The van der Waals surface area contributed by atoms with Gasteiger partial charge in [0.05, 0.1) is 23.9 Å². The second kappa shape index (κ2) is 5.85. The van der Waals surface area contributed by atoms with Crippen LogP contribution in [0.15, 0.2) is 18.2 Å². The van der Waals surface area contributed by atoms with Crippen LogP contribution in [0.25, 0.3) is 0 Å². The molecule has 0 amide bonds. The van der Waals surface area contributed by atoms with Crippen LogP contribution in [-0.2, 0) is 13.0 Å². The summed E-state index contributed by atoms with van der Waals surface area (Å²) in [5, 5.41) is 13.5. The molecule has 0 bridgehead atoms. The standard InChI is InChI=1S/C15H17FN4/c1-10-15(5-6-17)11(2)20(19-10)9-13-7-14(16)4-3-12(13)8-18/h3-4,7H,5-6,9,17H2,1-2H3. The Morgan fingerprint density at radius 2 is 2.15 bits per heavy atom. The molecular formula is C15H17FN4. The number of halogens is 1. The third-order valence-corrected chi connectivity index (χ3v) is 3.43. The largest absolute Gasteiger partial charge is 0.330 e. The Hall–Kier alpha value is -2.19. The maximum Gasteiger partial charge on any atom is 0.123 e. The molecule has 104 valence electrons. The number of nitrogens with two attached hydrogens (primary N) is 1. The molecule has 2 aromatic rings. The predicted octanol–water partition coefficient (Wildman–Crippen LogP) is 2.06. The fourth-order valence-electron chi connectivity index (χ4n) is 2.36. The summed E-state index contributed by atoms with van der Waals surface area (Å²) in [5.74, 6) is -0.345. The molecule has 0 unspecified atom stereocenters. The van der Waals surface area contributed by atoms with Crippen molar-refractivity contribution in [3.8, 4) is 6.07 Å². The molecule has 2 rings (SSSR count). The number of nitriles is 1. The molecule has 4 nitrogen and oxygen atoms in total. The summed E-state index contributed by atoms with van der Waals surface area (Å²) in [4.78, 5) is 0. The van der Waals surface area contributed by atoms with Crippen LogP contribution < -0.4 is 5.73 Å². The monoisotopic (exact) mass is 272 g/mol. The van der Waals surface area contributed by atoms with E-state index in [9.17, 15) is 4.39 Å². The van der Waals surface area contributed by atoms with Gasteiger partial charge in [-0.1, -0.05) is 0 Å². The highest BCUT2D eigenvalue weighted by atomic mass is 19.1. The molecule has 1 aromatic heterocycles. The molecule has 0 spiro atoms. The normalized spacial score (nSPS) is 10.6. The van der Waals surface area contributed by atoms with E-state index in [0.29, 0.717) is 24.2 Å². The molecule has 0 saturated heterocycles. The maximum absolute atomic E-state index is 13.3.